The number of rotatable bonds is 8. The summed E-state index contributed by atoms with van der Waals surface area (Å²) in [4.78, 5) is 39.5. The van der Waals surface area contributed by atoms with Gasteiger partial charge in [0.1, 0.15) is 10.8 Å². The number of carbonyl (C=O) groups is 2. The molecule has 0 aliphatic heterocycles. The van der Waals surface area contributed by atoms with Gasteiger partial charge < -0.3 is 14.8 Å². The van der Waals surface area contributed by atoms with E-state index in [9.17, 15) is 14.4 Å². The Morgan fingerprint density at radius 3 is 2.71 bits per heavy atom. The van der Waals surface area contributed by atoms with E-state index in [1.807, 2.05) is 6.92 Å². The second-order valence-electron chi connectivity index (χ2n) is 8.37. The van der Waals surface area contributed by atoms with Crippen LogP contribution in [-0.4, -0.2) is 36.6 Å². The summed E-state index contributed by atoms with van der Waals surface area (Å²) in [7, 11) is 2.92. The Kier molecular flexibility index (Phi) is 7.66. The molecule has 1 aliphatic rings. The highest BCUT2D eigenvalue weighted by molar-refractivity contribution is 8.00. The van der Waals surface area contributed by atoms with Gasteiger partial charge in [-0.1, -0.05) is 13.8 Å². The molecule has 0 spiro atoms. The van der Waals surface area contributed by atoms with E-state index in [0.717, 1.165) is 41.5 Å². The fourth-order valence-electron chi connectivity index (χ4n) is 4.07. The van der Waals surface area contributed by atoms with Gasteiger partial charge in [0.05, 0.1) is 25.0 Å². The van der Waals surface area contributed by atoms with Crippen molar-refractivity contribution in [1.82, 2.24) is 5.27 Å². The van der Waals surface area contributed by atoms with Crippen LogP contribution in [0.2, 0.25) is 0 Å². The van der Waals surface area contributed by atoms with Gasteiger partial charge in [-0.25, -0.2) is 9.59 Å². The highest BCUT2D eigenvalue weighted by atomic mass is 32.2. The number of benzene rings is 1. The van der Waals surface area contributed by atoms with Crippen molar-refractivity contribution in [3.63, 3.8) is 0 Å². The summed E-state index contributed by atoms with van der Waals surface area (Å²) in [5.41, 5.74) is 1.50. The van der Waals surface area contributed by atoms with Crippen LogP contribution < -0.4 is 20.4 Å². The number of anilines is 1. The van der Waals surface area contributed by atoms with Gasteiger partial charge in [-0.3, -0.25) is 9.32 Å². The van der Waals surface area contributed by atoms with Crippen LogP contribution in [0, 0.1) is 5.92 Å². The SMILES string of the molecule is CCC(Sc1c(=O)o[nH][n+]1-c1ccc(OC)cc1)C(=O)Nc1sc2c(c1C(=O)OC)CCC(C)C2. The van der Waals surface area contributed by atoms with Crippen molar-refractivity contribution in [3.05, 3.63) is 50.7 Å². The average molecular weight is 519 g/mol. The van der Waals surface area contributed by atoms with Gasteiger partial charge in [-0.05, 0) is 71.0 Å². The minimum atomic E-state index is -0.596. The van der Waals surface area contributed by atoms with E-state index in [-0.39, 0.29) is 10.9 Å². The Hall–Kier alpha value is -3.05. The number of nitrogens with one attached hydrogen (secondary N) is 2. The molecule has 186 valence electrons. The van der Waals surface area contributed by atoms with Crippen LogP contribution in [0.1, 0.15) is 47.5 Å². The molecule has 0 saturated heterocycles. The van der Waals surface area contributed by atoms with Crippen molar-refractivity contribution in [1.29, 1.82) is 0 Å². The number of H-pyrrole nitrogens is 1. The Bertz CT molecular complexity index is 1280. The standard InChI is InChI=1S/C24H27N3O6S2/c1-5-17(35-22-24(30)33-26-27(22)14-7-9-15(31-3)10-8-14)20(28)25-21-19(23(29)32-4)16-11-6-13(2)12-18(16)34-21/h7-10,13,17H,5-6,11-12H2,1-4H3,(H-,25,26,28,29,30)/p+1. The molecule has 1 aromatic carbocycles. The molecule has 1 aliphatic carbocycles. The molecule has 0 radical (unpaired) electrons. The molecule has 0 bridgehead atoms. The number of hydrogen-bond acceptors (Lipinski definition) is 8. The van der Waals surface area contributed by atoms with Gasteiger partial charge in [0.25, 0.3) is 0 Å². The smallest absolute Gasteiger partial charge is 0.442 e. The number of hydrogen-bond donors (Lipinski definition) is 2. The summed E-state index contributed by atoms with van der Waals surface area (Å²) in [5, 5.41) is 5.68. The summed E-state index contributed by atoms with van der Waals surface area (Å²) < 4.78 is 16.7. The third-order valence-corrected chi connectivity index (χ3v) is 8.57. The second-order valence-corrected chi connectivity index (χ2v) is 10.7. The van der Waals surface area contributed by atoms with Gasteiger partial charge in [0.2, 0.25) is 11.6 Å². The van der Waals surface area contributed by atoms with E-state index >= 15 is 0 Å². The lowest BCUT2D eigenvalue weighted by atomic mass is 9.88. The van der Waals surface area contributed by atoms with Gasteiger partial charge in [0, 0.05) is 17.0 Å². The molecule has 11 heteroatoms. The third-order valence-electron chi connectivity index (χ3n) is 5.99. The zero-order chi connectivity index (χ0) is 25.1. The van der Waals surface area contributed by atoms with Crippen LogP contribution in [-0.2, 0) is 22.4 Å². The summed E-state index contributed by atoms with van der Waals surface area (Å²) in [6.07, 6.45) is 3.10. The van der Waals surface area contributed by atoms with Crippen molar-refractivity contribution in [2.24, 2.45) is 5.92 Å². The number of amides is 1. The number of carbonyl (C=O) groups excluding carboxylic acids is 2. The number of nitrogens with zero attached hydrogens (tertiary/aromatic N) is 1. The lowest BCUT2D eigenvalue weighted by Gasteiger charge is -2.18. The number of aromatic nitrogens is 2. The predicted octanol–water partition coefficient (Wildman–Crippen LogP) is 3.74. The molecule has 4 rings (SSSR count). The number of esters is 1. The molecule has 3 aromatic rings. The first-order valence-electron chi connectivity index (χ1n) is 11.3. The van der Waals surface area contributed by atoms with Crippen LogP contribution in [0.25, 0.3) is 5.69 Å². The first kappa shape index (κ1) is 25.1. The summed E-state index contributed by atoms with van der Waals surface area (Å²) in [6, 6.07) is 7.07. The fraction of sp³-hybridized carbons (Fsp3) is 0.417. The molecule has 35 heavy (non-hydrogen) atoms. The molecule has 1 amide bonds. The number of fused-ring (bicyclic) bond motifs is 1. The molecular weight excluding hydrogens is 490 g/mol. The normalized spacial score (nSPS) is 15.8. The predicted molar refractivity (Wildman–Crippen MR) is 133 cm³/mol. The van der Waals surface area contributed by atoms with Crippen LogP contribution in [0.15, 0.2) is 38.6 Å². The minimum absolute atomic E-state index is 0.240. The maximum absolute atomic E-state index is 13.3. The molecule has 9 nitrogen and oxygen atoms in total. The van der Waals surface area contributed by atoms with Gasteiger partial charge in [-0.15, -0.1) is 11.3 Å². The topological polar surface area (TPSA) is 115 Å². The molecule has 2 unspecified atom stereocenters. The van der Waals surface area contributed by atoms with Gasteiger partial charge in [-0.2, -0.15) is 0 Å². The Morgan fingerprint density at radius 1 is 1.31 bits per heavy atom. The van der Waals surface area contributed by atoms with E-state index < -0.39 is 16.8 Å². The molecular formula is C24H28N3O6S2+. The number of thioether (sulfide) groups is 1. The highest BCUT2D eigenvalue weighted by Gasteiger charge is 2.33. The van der Waals surface area contributed by atoms with E-state index in [4.69, 9.17) is 14.0 Å². The first-order chi connectivity index (χ1) is 16.9. The van der Waals surface area contributed by atoms with Crippen LogP contribution in [0.3, 0.4) is 0 Å². The largest absolute Gasteiger partial charge is 0.497 e. The van der Waals surface area contributed by atoms with Crippen molar-refractivity contribution < 1.29 is 28.3 Å². The maximum Gasteiger partial charge on any atom is 0.442 e. The molecule has 2 heterocycles. The van der Waals surface area contributed by atoms with Crippen LogP contribution in [0.5, 0.6) is 5.75 Å². The number of methoxy groups -OCH3 is 2. The highest BCUT2D eigenvalue weighted by Crippen LogP contribution is 2.40. The number of thiophene rings is 1. The number of aromatic amines is 1. The Balaban J connectivity index is 1.59. The van der Waals surface area contributed by atoms with Gasteiger partial charge in [0.15, 0.2) is 0 Å². The minimum Gasteiger partial charge on any atom is -0.497 e. The average Bonchev–Trinajstić information content (AvgIpc) is 3.40. The second kappa shape index (κ2) is 10.7. The lowest BCUT2D eigenvalue weighted by Crippen LogP contribution is -2.37. The Labute approximate surface area is 210 Å². The van der Waals surface area contributed by atoms with E-state index in [2.05, 4.69) is 17.5 Å². The summed E-state index contributed by atoms with van der Waals surface area (Å²) in [5.74, 6) is 0.456. The summed E-state index contributed by atoms with van der Waals surface area (Å²) >= 11 is 2.54. The first-order valence-corrected chi connectivity index (χ1v) is 13.0. The molecule has 2 N–H and O–H groups in total. The van der Waals surface area contributed by atoms with Crippen molar-refractivity contribution in [3.8, 4) is 11.4 Å². The zero-order valence-electron chi connectivity index (χ0n) is 20.0. The third kappa shape index (κ3) is 5.15. The quantitative estimate of drug-likeness (QED) is 0.265. The van der Waals surface area contributed by atoms with Crippen molar-refractivity contribution >= 4 is 40.0 Å². The van der Waals surface area contributed by atoms with E-state index in [0.29, 0.717) is 34.3 Å². The molecule has 0 fully saturated rings. The maximum atomic E-state index is 13.3. The summed E-state index contributed by atoms with van der Waals surface area (Å²) in [6.45, 7) is 4.05. The van der Waals surface area contributed by atoms with Crippen molar-refractivity contribution in [2.45, 2.75) is 49.8 Å². The van der Waals surface area contributed by atoms with E-state index in [1.54, 1.807) is 31.4 Å². The monoisotopic (exact) mass is 518 g/mol. The molecule has 2 aromatic heterocycles. The van der Waals surface area contributed by atoms with Crippen LogP contribution in [0.4, 0.5) is 5.00 Å². The number of ether oxygens (including phenoxy) is 2. The van der Waals surface area contributed by atoms with Crippen LogP contribution >= 0.6 is 23.1 Å². The zero-order valence-corrected chi connectivity index (χ0v) is 21.6. The Morgan fingerprint density at radius 2 is 2.06 bits per heavy atom. The van der Waals surface area contributed by atoms with Gasteiger partial charge >= 0.3 is 16.6 Å². The van der Waals surface area contributed by atoms with E-state index in [1.165, 1.54) is 23.1 Å². The molecule has 2 atom stereocenters. The fourth-order valence-corrected chi connectivity index (χ4v) is 6.46. The van der Waals surface area contributed by atoms with Crippen molar-refractivity contribution in [2.75, 3.05) is 19.5 Å². The lowest BCUT2D eigenvalue weighted by molar-refractivity contribution is -0.704. The molecule has 0 saturated carbocycles.